The van der Waals surface area contributed by atoms with Crippen LogP contribution >= 0.6 is 0 Å². The second kappa shape index (κ2) is 9.57. The number of imidazole rings is 1. The number of nitrogens with zero attached hydrogens (tertiary/aromatic N) is 3. The normalized spacial score (nSPS) is 15.8. The number of hydrogen-bond donors (Lipinski definition) is 0. The van der Waals surface area contributed by atoms with E-state index in [0.717, 1.165) is 52.4 Å². The van der Waals surface area contributed by atoms with Gasteiger partial charge in [0.05, 0.1) is 17.6 Å². The van der Waals surface area contributed by atoms with Gasteiger partial charge in [0.15, 0.2) is 0 Å². The SMILES string of the molecule is Cc1ccc(OCCCn2c(C3CC(=O)N(c4c(C)cccc4C)C3)nc3ccccc32)cc1C. The van der Waals surface area contributed by atoms with E-state index in [0.29, 0.717) is 19.6 Å². The van der Waals surface area contributed by atoms with Crippen LogP contribution in [0.15, 0.2) is 60.7 Å². The molecule has 1 saturated heterocycles. The summed E-state index contributed by atoms with van der Waals surface area (Å²) >= 11 is 0. The second-order valence-corrected chi connectivity index (χ2v) is 9.70. The topological polar surface area (TPSA) is 47.4 Å². The number of aromatic nitrogens is 2. The molecular weight excluding hydrogens is 434 g/mol. The second-order valence-electron chi connectivity index (χ2n) is 9.70. The summed E-state index contributed by atoms with van der Waals surface area (Å²) in [5.41, 5.74) is 7.93. The number of para-hydroxylation sites is 3. The van der Waals surface area contributed by atoms with Crippen molar-refractivity contribution in [1.29, 1.82) is 0 Å². The van der Waals surface area contributed by atoms with Gasteiger partial charge in [0, 0.05) is 31.1 Å². The highest BCUT2D eigenvalue weighted by Crippen LogP contribution is 2.36. The van der Waals surface area contributed by atoms with Crippen LogP contribution in [0.25, 0.3) is 11.0 Å². The zero-order chi connectivity index (χ0) is 24.5. The molecule has 35 heavy (non-hydrogen) atoms. The Bertz CT molecular complexity index is 1370. The zero-order valence-electron chi connectivity index (χ0n) is 21.0. The van der Waals surface area contributed by atoms with Gasteiger partial charge in [0.1, 0.15) is 11.6 Å². The molecule has 0 bridgehead atoms. The van der Waals surface area contributed by atoms with Crippen LogP contribution in [0.4, 0.5) is 5.69 Å². The van der Waals surface area contributed by atoms with Crippen LogP contribution in [0.2, 0.25) is 0 Å². The van der Waals surface area contributed by atoms with Gasteiger partial charge < -0.3 is 14.2 Å². The van der Waals surface area contributed by atoms with E-state index in [4.69, 9.17) is 9.72 Å². The standard InChI is InChI=1S/C30H33N3O2/c1-20-13-14-25(17-23(20)4)35-16-8-15-32-27-12-6-5-11-26(27)31-30(32)24-18-28(34)33(19-24)29-21(2)9-7-10-22(29)3/h5-7,9-14,17,24H,8,15-16,18-19H2,1-4H3. The van der Waals surface area contributed by atoms with Gasteiger partial charge >= 0.3 is 0 Å². The maximum atomic E-state index is 13.1. The molecule has 1 fully saturated rings. The first-order valence-corrected chi connectivity index (χ1v) is 12.4. The van der Waals surface area contributed by atoms with Crippen molar-refractivity contribution in [2.45, 2.75) is 53.0 Å². The van der Waals surface area contributed by atoms with E-state index in [9.17, 15) is 4.79 Å². The molecule has 2 heterocycles. The average Bonchev–Trinajstić information content (AvgIpc) is 3.39. The fourth-order valence-corrected chi connectivity index (χ4v) is 5.19. The lowest BCUT2D eigenvalue weighted by molar-refractivity contribution is -0.117. The third-order valence-corrected chi connectivity index (χ3v) is 7.16. The number of hydrogen-bond acceptors (Lipinski definition) is 3. The number of carbonyl (C=O) groups is 1. The minimum Gasteiger partial charge on any atom is -0.494 e. The van der Waals surface area contributed by atoms with Crippen LogP contribution < -0.4 is 9.64 Å². The first-order valence-electron chi connectivity index (χ1n) is 12.4. The number of carbonyl (C=O) groups excluding carboxylic acids is 1. The summed E-state index contributed by atoms with van der Waals surface area (Å²) in [6.45, 7) is 10.5. The van der Waals surface area contributed by atoms with E-state index in [1.165, 1.54) is 11.1 Å². The zero-order valence-corrected chi connectivity index (χ0v) is 21.0. The summed E-state index contributed by atoms with van der Waals surface area (Å²) in [4.78, 5) is 20.1. The van der Waals surface area contributed by atoms with Crippen molar-refractivity contribution in [2.24, 2.45) is 0 Å². The summed E-state index contributed by atoms with van der Waals surface area (Å²) in [6, 6.07) is 20.7. The quantitative estimate of drug-likeness (QED) is 0.301. The van der Waals surface area contributed by atoms with Crippen molar-refractivity contribution in [3.63, 3.8) is 0 Å². The highest BCUT2D eigenvalue weighted by Gasteiger charge is 2.35. The molecule has 0 N–H and O–H groups in total. The number of anilines is 1. The van der Waals surface area contributed by atoms with Crippen LogP contribution in [0, 0.1) is 27.7 Å². The van der Waals surface area contributed by atoms with Gasteiger partial charge in [-0.05, 0) is 80.6 Å². The molecule has 1 atom stereocenters. The molecule has 0 spiro atoms. The Kier molecular flexibility index (Phi) is 6.33. The molecule has 4 aromatic rings. The van der Waals surface area contributed by atoms with Crippen molar-refractivity contribution in [3.05, 3.63) is 88.7 Å². The van der Waals surface area contributed by atoms with Crippen LogP contribution in [0.3, 0.4) is 0 Å². The van der Waals surface area contributed by atoms with Gasteiger partial charge in [-0.2, -0.15) is 0 Å². The van der Waals surface area contributed by atoms with Crippen LogP contribution in [-0.4, -0.2) is 28.6 Å². The summed E-state index contributed by atoms with van der Waals surface area (Å²) in [5.74, 6) is 2.15. The maximum absolute atomic E-state index is 13.1. The van der Waals surface area contributed by atoms with Gasteiger partial charge in [-0.15, -0.1) is 0 Å². The Morgan fingerprint density at radius 2 is 1.69 bits per heavy atom. The van der Waals surface area contributed by atoms with Crippen molar-refractivity contribution >= 4 is 22.6 Å². The molecule has 1 unspecified atom stereocenters. The molecule has 3 aromatic carbocycles. The Hall–Kier alpha value is -3.60. The van der Waals surface area contributed by atoms with E-state index in [2.05, 4.69) is 74.7 Å². The predicted octanol–water partition coefficient (Wildman–Crippen LogP) is 6.26. The molecule has 0 saturated carbocycles. The third kappa shape index (κ3) is 4.55. The van der Waals surface area contributed by atoms with Crippen LogP contribution in [0.1, 0.15) is 46.8 Å². The van der Waals surface area contributed by atoms with Gasteiger partial charge in [0.2, 0.25) is 5.91 Å². The lowest BCUT2D eigenvalue weighted by atomic mass is 10.1. The fraction of sp³-hybridized carbons (Fsp3) is 0.333. The summed E-state index contributed by atoms with van der Waals surface area (Å²) in [7, 11) is 0. The van der Waals surface area contributed by atoms with Gasteiger partial charge in [-0.3, -0.25) is 4.79 Å². The molecule has 1 aromatic heterocycles. The van der Waals surface area contributed by atoms with E-state index < -0.39 is 0 Å². The molecule has 5 nitrogen and oxygen atoms in total. The largest absolute Gasteiger partial charge is 0.494 e. The molecule has 0 aliphatic carbocycles. The van der Waals surface area contributed by atoms with E-state index >= 15 is 0 Å². The minimum absolute atomic E-state index is 0.0644. The molecule has 1 amide bonds. The Balaban J connectivity index is 1.36. The van der Waals surface area contributed by atoms with Crippen molar-refractivity contribution in [3.8, 4) is 5.75 Å². The molecule has 0 radical (unpaired) electrons. The lowest BCUT2D eigenvalue weighted by Gasteiger charge is -2.21. The number of ether oxygens (including phenoxy) is 1. The van der Waals surface area contributed by atoms with Gasteiger partial charge in [0.25, 0.3) is 0 Å². The summed E-state index contributed by atoms with van der Waals surface area (Å²) in [6.07, 6.45) is 1.35. The number of benzene rings is 3. The average molecular weight is 468 g/mol. The summed E-state index contributed by atoms with van der Waals surface area (Å²) in [5, 5.41) is 0. The molecular formula is C30H33N3O2. The summed E-state index contributed by atoms with van der Waals surface area (Å²) < 4.78 is 8.34. The highest BCUT2D eigenvalue weighted by atomic mass is 16.5. The van der Waals surface area contributed by atoms with E-state index in [1.54, 1.807) is 0 Å². The minimum atomic E-state index is 0.0644. The highest BCUT2D eigenvalue weighted by molar-refractivity contribution is 5.98. The number of fused-ring (bicyclic) bond motifs is 1. The van der Waals surface area contributed by atoms with E-state index in [1.807, 2.05) is 23.1 Å². The van der Waals surface area contributed by atoms with Crippen LogP contribution in [0.5, 0.6) is 5.75 Å². The molecule has 5 heteroatoms. The number of aryl methyl sites for hydroxylation is 5. The first kappa shape index (κ1) is 23.2. The number of amides is 1. The third-order valence-electron chi connectivity index (χ3n) is 7.16. The Labute approximate surface area is 207 Å². The van der Waals surface area contributed by atoms with Crippen molar-refractivity contribution in [2.75, 3.05) is 18.1 Å². The van der Waals surface area contributed by atoms with E-state index in [-0.39, 0.29) is 11.8 Å². The first-order chi connectivity index (χ1) is 16.9. The van der Waals surface area contributed by atoms with Crippen molar-refractivity contribution in [1.82, 2.24) is 9.55 Å². The molecule has 180 valence electrons. The molecule has 1 aliphatic heterocycles. The van der Waals surface area contributed by atoms with Crippen molar-refractivity contribution < 1.29 is 9.53 Å². The van der Waals surface area contributed by atoms with Gasteiger partial charge in [-0.25, -0.2) is 4.98 Å². The predicted molar refractivity (Wildman–Crippen MR) is 141 cm³/mol. The van der Waals surface area contributed by atoms with Crippen LogP contribution in [-0.2, 0) is 11.3 Å². The Morgan fingerprint density at radius 1 is 0.914 bits per heavy atom. The monoisotopic (exact) mass is 467 g/mol. The molecule has 1 aliphatic rings. The Morgan fingerprint density at radius 3 is 2.46 bits per heavy atom. The fourth-order valence-electron chi connectivity index (χ4n) is 5.19. The maximum Gasteiger partial charge on any atom is 0.227 e. The van der Waals surface area contributed by atoms with Gasteiger partial charge in [-0.1, -0.05) is 36.4 Å². The number of rotatable bonds is 7. The lowest BCUT2D eigenvalue weighted by Crippen LogP contribution is -2.26. The smallest absolute Gasteiger partial charge is 0.227 e. The molecule has 5 rings (SSSR count).